The molecule has 0 spiro atoms. The number of anilines is 1. The number of sulfone groups is 1. The predicted octanol–water partition coefficient (Wildman–Crippen LogP) is 2.21. The molecule has 0 aromatic heterocycles. The molecule has 0 atom stereocenters. The van der Waals surface area contributed by atoms with Crippen LogP contribution in [-0.2, 0) is 9.84 Å². The van der Waals surface area contributed by atoms with E-state index in [0.29, 0.717) is 13.0 Å². The molecule has 1 rings (SSSR count). The third-order valence-corrected chi connectivity index (χ3v) is 3.77. The van der Waals surface area contributed by atoms with Gasteiger partial charge in [0.05, 0.1) is 4.92 Å². The minimum Gasteiger partial charge on any atom is -0.379 e. The molecule has 0 saturated carbocycles. The van der Waals surface area contributed by atoms with Gasteiger partial charge in [0.1, 0.15) is 10.6 Å². The first-order valence-electron chi connectivity index (χ1n) is 6.02. The Morgan fingerprint density at radius 1 is 1.40 bits per heavy atom. The molecule has 0 unspecified atom stereocenters. The molecule has 0 radical (unpaired) electrons. The van der Waals surface area contributed by atoms with E-state index < -0.39 is 20.4 Å². The van der Waals surface area contributed by atoms with E-state index in [1.54, 1.807) is 0 Å². The number of hydrogen-bond donors (Lipinski definition) is 1. The Kier molecular flexibility index (Phi) is 5.53. The Morgan fingerprint density at radius 2 is 2.10 bits per heavy atom. The number of terminal acetylenes is 1. The van der Waals surface area contributed by atoms with Gasteiger partial charge in [-0.3, -0.25) is 10.1 Å². The lowest BCUT2D eigenvalue weighted by Crippen LogP contribution is -2.08. The van der Waals surface area contributed by atoms with Gasteiger partial charge in [-0.1, -0.05) is 6.07 Å². The second-order valence-electron chi connectivity index (χ2n) is 4.27. The Labute approximate surface area is 118 Å². The lowest BCUT2D eigenvalue weighted by Gasteiger charge is -2.09. The van der Waals surface area contributed by atoms with Crippen LogP contribution >= 0.6 is 0 Å². The van der Waals surface area contributed by atoms with Crippen LogP contribution in [0.3, 0.4) is 0 Å². The molecule has 7 heteroatoms. The van der Waals surface area contributed by atoms with Gasteiger partial charge in [0.25, 0.3) is 0 Å². The van der Waals surface area contributed by atoms with Crippen molar-refractivity contribution in [3.05, 3.63) is 28.3 Å². The third kappa shape index (κ3) is 4.24. The summed E-state index contributed by atoms with van der Waals surface area (Å²) in [6.45, 7) is 0.496. The largest absolute Gasteiger partial charge is 0.379 e. The summed E-state index contributed by atoms with van der Waals surface area (Å²) in [5, 5.41) is 14.0. The topological polar surface area (TPSA) is 89.3 Å². The van der Waals surface area contributed by atoms with Crippen molar-refractivity contribution in [1.82, 2.24) is 0 Å². The lowest BCUT2D eigenvalue weighted by molar-refractivity contribution is -0.386. The molecule has 0 amide bonds. The van der Waals surface area contributed by atoms with E-state index in [9.17, 15) is 18.5 Å². The molecule has 20 heavy (non-hydrogen) atoms. The molecule has 1 aromatic rings. The van der Waals surface area contributed by atoms with Crippen molar-refractivity contribution < 1.29 is 13.3 Å². The van der Waals surface area contributed by atoms with Crippen molar-refractivity contribution in [1.29, 1.82) is 0 Å². The summed E-state index contributed by atoms with van der Waals surface area (Å²) in [5.41, 5.74) is -0.203. The van der Waals surface area contributed by atoms with Crippen LogP contribution < -0.4 is 5.32 Å². The quantitative estimate of drug-likeness (QED) is 0.360. The van der Waals surface area contributed by atoms with Crippen molar-refractivity contribution in [2.24, 2.45) is 0 Å². The van der Waals surface area contributed by atoms with E-state index in [2.05, 4.69) is 11.2 Å². The number of hydrogen-bond acceptors (Lipinski definition) is 5. The zero-order chi connectivity index (χ0) is 15.2. The monoisotopic (exact) mass is 296 g/mol. The smallest absolute Gasteiger partial charge is 0.310 e. The van der Waals surface area contributed by atoms with Crippen molar-refractivity contribution in [2.45, 2.75) is 24.2 Å². The van der Waals surface area contributed by atoms with E-state index in [0.717, 1.165) is 19.1 Å². The summed E-state index contributed by atoms with van der Waals surface area (Å²) < 4.78 is 23.1. The Balaban J connectivity index is 2.97. The van der Waals surface area contributed by atoms with Crippen molar-refractivity contribution in [3.63, 3.8) is 0 Å². The van der Waals surface area contributed by atoms with Gasteiger partial charge in [0.15, 0.2) is 9.84 Å². The number of nitro groups is 1. The van der Waals surface area contributed by atoms with Crippen LogP contribution in [0.1, 0.15) is 19.3 Å². The van der Waals surface area contributed by atoms with Crippen LogP contribution in [0.5, 0.6) is 0 Å². The number of unbranched alkanes of at least 4 members (excludes halogenated alkanes) is 2. The molecular weight excluding hydrogens is 280 g/mol. The van der Waals surface area contributed by atoms with Gasteiger partial charge in [-0.15, -0.1) is 12.3 Å². The number of rotatable bonds is 7. The minimum atomic E-state index is -3.65. The standard InChI is InChI=1S/C13H16N2O4S/c1-3-4-5-6-10-14-11-8-7-9-12(20(2,18)19)13(11)15(16)17/h1,7-9,14H,4-6,10H2,2H3. The molecular formula is C13H16N2O4S. The van der Waals surface area contributed by atoms with E-state index in [1.165, 1.54) is 18.2 Å². The fraction of sp³-hybridized carbons (Fsp3) is 0.385. The maximum Gasteiger partial charge on any atom is 0.310 e. The van der Waals surface area contributed by atoms with Crippen LogP contribution in [0.2, 0.25) is 0 Å². The van der Waals surface area contributed by atoms with Gasteiger partial charge in [-0.05, 0) is 25.0 Å². The number of para-hydroxylation sites is 1. The number of nitrogens with one attached hydrogen (secondary N) is 1. The second-order valence-corrected chi connectivity index (χ2v) is 6.25. The van der Waals surface area contributed by atoms with Crippen molar-refractivity contribution in [3.8, 4) is 12.3 Å². The van der Waals surface area contributed by atoms with Crippen LogP contribution in [0.25, 0.3) is 0 Å². The fourth-order valence-electron chi connectivity index (χ4n) is 1.73. The van der Waals surface area contributed by atoms with E-state index in [-0.39, 0.29) is 10.6 Å². The highest BCUT2D eigenvalue weighted by molar-refractivity contribution is 7.90. The Hall–Kier alpha value is -2.07. The van der Waals surface area contributed by atoms with Gasteiger partial charge >= 0.3 is 5.69 Å². The molecule has 0 fully saturated rings. The highest BCUT2D eigenvalue weighted by Gasteiger charge is 2.25. The lowest BCUT2D eigenvalue weighted by atomic mass is 10.2. The van der Waals surface area contributed by atoms with E-state index in [1.807, 2.05) is 0 Å². The summed E-state index contributed by atoms with van der Waals surface area (Å²) >= 11 is 0. The first-order valence-corrected chi connectivity index (χ1v) is 7.92. The molecule has 108 valence electrons. The molecule has 0 aliphatic heterocycles. The SMILES string of the molecule is C#CCCCCNc1cccc(S(C)(=O)=O)c1[N+](=O)[O-]. The summed E-state index contributed by atoms with van der Waals surface area (Å²) in [6, 6.07) is 4.21. The molecule has 0 saturated heterocycles. The number of nitrogens with zero attached hydrogens (tertiary/aromatic N) is 1. The fourth-order valence-corrected chi connectivity index (χ4v) is 2.59. The van der Waals surface area contributed by atoms with E-state index >= 15 is 0 Å². The molecule has 1 aromatic carbocycles. The zero-order valence-corrected chi connectivity index (χ0v) is 11.9. The summed E-state index contributed by atoms with van der Waals surface area (Å²) in [5.74, 6) is 2.51. The van der Waals surface area contributed by atoms with Crippen molar-refractivity contribution in [2.75, 3.05) is 18.1 Å². The van der Waals surface area contributed by atoms with Gasteiger partial charge in [-0.25, -0.2) is 8.42 Å². The van der Waals surface area contributed by atoms with Gasteiger partial charge < -0.3 is 5.32 Å². The summed E-state index contributed by atoms with van der Waals surface area (Å²) in [6.07, 6.45) is 8.29. The van der Waals surface area contributed by atoms with Gasteiger partial charge in [-0.2, -0.15) is 0 Å². The maximum atomic E-state index is 11.6. The second kappa shape index (κ2) is 6.91. The number of nitro benzene ring substituents is 1. The molecule has 1 N–H and O–H groups in total. The Bertz CT molecular complexity index is 632. The van der Waals surface area contributed by atoms with Crippen LogP contribution in [-0.4, -0.2) is 26.1 Å². The minimum absolute atomic E-state index is 0.207. The first kappa shape index (κ1) is 16.0. The highest BCUT2D eigenvalue weighted by Crippen LogP contribution is 2.31. The first-order chi connectivity index (χ1) is 9.38. The van der Waals surface area contributed by atoms with Crippen LogP contribution in [0, 0.1) is 22.5 Å². The number of benzene rings is 1. The summed E-state index contributed by atoms with van der Waals surface area (Å²) in [4.78, 5) is 10.1. The zero-order valence-electron chi connectivity index (χ0n) is 11.1. The van der Waals surface area contributed by atoms with Gasteiger partial charge in [0, 0.05) is 19.2 Å². The average Bonchev–Trinajstić information content (AvgIpc) is 2.37. The summed E-state index contributed by atoms with van der Waals surface area (Å²) in [7, 11) is -3.65. The third-order valence-electron chi connectivity index (χ3n) is 2.64. The molecule has 0 aliphatic rings. The Morgan fingerprint density at radius 3 is 2.65 bits per heavy atom. The van der Waals surface area contributed by atoms with Crippen LogP contribution in [0.4, 0.5) is 11.4 Å². The van der Waals surface area contributed by atoms with Crippen LogP contribution in [0.15, 0.2) is 23.1 Å². The molecule has 6 nitrogen and oxygen atoms in total. The normalized spacial score (nSPS) is 10.8. The molecule has 0 bridgehead atoms. The molecule has 0 aliphatic carbocycles. The average molecular weight is 296 g/mol. The van der Waals surface area contributed by atoms with E-state index in [4.69, 9.17) is 6.42 Å². The maximum absolute atomic E-state index is 11.6. The highest BCUT2D eigenvalue weighted by atomic mass is 32.2. The predicted molar refractivity (Wildman–Crippen MR) is 77.4 cm³/mol. The van der Waals surface area contributed by atoms with Gasteiger partial charge in [0.2, 0.25) is 0 Å². The van der Waals surface area contributed by atoms with Crippen molar-refractivity contribution >= 4 is 21.2 Å². The molecule has 0 heterocycles.